The molecule has 0 fully saturated rings. The molecule has 6 heteroatoms. The molecule has 3 aromatic rings. The number of carbonyl (C=O) groups excluding carboxylic acids is 1. The summed E-state index contributed by atoms with van der Waals surface area (Å²) in [5.74, 6) is 2.08. The van der Waals surface area contributed by atoms with Crippen LogP contribution in [0.25, 0.3) is 11.3 Å². The molecule has 0 radical (unpaired) electrons. The molecule has 1 aromatic heterocycles. The lowest BCUT2D eigenvalue weighted by Crippen LogP contribution is -2.30. The Morgan fingerprint density at radius 1 is 1.04 bits per heavy atom. The average Bonchev–Trinajstić information content (AvgIpc) is 3.22. The van der Waals surface area contributed by atoms with Gasteiger partial charge in [0.25, 0.3) is 5.91 Å². The van der Waals surface area contributed by atoms with E-state index in [4.69, 9.17) is 25.5 Å². The minimum Gasteiger partial charge on any atom is -0.486 e. The number of benzene rings is 2. The summed E-state index contributed by atoms with van der Waals surface area (Å²) in [6.45, 7) is 3.91. The molecule has 0 spiro atoms. The Kier molecular flexibility index (Phi) is 5.26. The van der Waals surface area contributed by atoms with Crippen LogP contribution >= 0.6 is 11.6 Å². The van der Waals surface area contributed by atoms with Crippen LogP contribution in [-0.2, 0) is 6.54 Å². The fourth-order valence-electron chi connectivity index (χ4n) is 3.21. The van der Waals surface area contributed by atoms with Gasteiger partial charge in [-0.05, 0) is 37.3 Å². The highest BCUT2D eigenvalue weighted by molar-refractivity contribution is 6.33. The molecule has 0 N–H and O–H groups in total. The first-order valence-corrected chi connectivity index (χ1v) is 9.56. The minimum atomic E-state index is -0.185. The van der Waals surface area contributed by atoms with E-state index in [0.29, 0.717) is 48.6 Å². The third kappa shape index (κ3) is 3.58. The number of halogens is 1. The van der Waals surface area contributed by atoms with Crippen LogP contribution in [0.2, 0.25) is 5.02 Å². The van der Waals surface area contributed by atoms with Crippen molar-refractivity contribution in [2.75, 3.05) is 19.8 Å². The van der Waals surface area contributed by atoms with E-state index in [1.165, 1.54) is 0 Å². The van der Waals surface area contributed by atoms with Gasteiger partial charge in [0.1, 0.15) is 19.0 Å². The highest BCUT2D eigenvalue weighted by Crippen LogP contribution is 2.35. The number of para-hydroxylation sites is 1. The zero-order valence-electron chi connectivity index (χ0n) is 15.5. The van der Waals surface area contributed by atoms with Crippen LogP contribution in [0.4, 0.5) is 0 Å². The van der Waals surface area contributed by atoms with E-state index >= 15 is 0 Å². The Morgan fingerprint density at radius 3 is 2.68 bits per heavy atom. The monoisotopic (exact) mass is 397 g/mol. The molecule has 1 aliphatic rings. The molecular weight excluding hydrogens is 378 g/mol. The molecule has 144 valence electrons. The summed E-state index contributed by atoms with van der Waals surface area (Å²) in [7, 11) is 0. The fourth-order valence-corrected chi connectivity index (χ4v) is 3.43. The molecule has 0 atom stereocenters. The number of hydrogen-bond acceptors (Lipinski definition) is 4. The van der Waals surface area contributed by atoms with Crippen LogP contribution in [0.1, 0.15) is 23.0 Å². The Balaban J connectivity index is 1.56. The zero-order valence-corrected chi connectivity index (χ0v) is 16.2. The second kappa shape index (κ2) is 7.98. The van der Waals surface area contributed by atoms with E-state index in [9.17, 15) is 4.79 Å². The summed E-state index contributed by atoms with van der Waals surface area (Å²) in [4.78, 5) is 14.7. The normalized spacial score (nSPS) is 12.6. The molecule has 1 amide bonds. The molecule has 0 saturated carbocycles. The maximum Gasteiger partial charge on any atom is 0.289 e. The molecular formula is C22H20ClNO4. The molecule has 1 aliphatic heterocycles. The summed E-state index contributed by atoms with van der Waals surface area (Å²) in [6, 6.07) is 16.6. The molecule has 2 heterocycles. The third-order valence-corrected chi connectivity index (χ3v) is 4.96. The highest BCUT2D eigenvalue weighted by Gasteiger charge is 2.23. The number of fused-ring (bicyclic) bond motifs is 1. The van der Waals surface area contributed by atoms with E-state index in [-0.39, 0.29) is 11.7 Å². The van der Waals surface area contributed by atoms with Gasteiger partial charge in [-0.2, -0.15) is 0 Å². The molecule has 0 saturated heterocycles. The number of carbonyl (C=O) groups is 1. The molecule has 28 heavy (non-hydrogen) atoms. The molecule has 5 nitrogen and oxygen atoms in total. The quantitative estimate of drug-likeness (QED) is 0.605. The van der Waals surface area contributed by atoms with Crippen LogP contribution in [0, 0.1) is 0 Å². The summed E-state index contributed by atoms with van der Waals surface area (Å²) >= 11 is 6.23. The van der Waals surface area contributed by atoms with Gasteiger partial charge in [-0.25, -0.2) is 0 Å². The number of nitrogens with zero attached hydrogens (tertiary/aromatic N) is 1. The van der Waals surface area contributed by atoms with Gasteiger partial charge in [-0.1, -0.05) is 35.9 Å². The summed E-state index contributed by atoms with van der Waals surface area (Å²) in [5, 5.41) is 0.580. The third-order valence-electron chi connectivity index (χ3n) is 4.63. The van der Waals surface area contributed by atoms with Crippen LogP contribution in [0.3, 0.4) is 0 Å². The van der Waals surface area contributed by atoms with Crippen molar-refractivity contribution in [1.82, 2.24) is 4.90 Å². The maximum atomic E-state index is 13.0. The van der Waals surface area contributed by atoms with Crippen molar-refractivity contribution in [3.8, 4) is 22.8 Å². The van der Waals surface area contributed by atoms with E-state index in [2.05, 4.69) is 0 Å². The van der Waals surface area contributed by atoms with Crippen molar-refractivity contribution in [2.24, 2.45) is 0 Å². The van der Waals surface area contributed by atoms with Crippen molar-refractivity contribution < 1.29 is 18.7 Å². The molecule has 0 bridgehead atoms. The lowest BCUT2D eigenvalue weighted by molar-refractivity contribution is 0.0718. The first-order chi connectivity index (χ1) is 13.7. The SMILES string of the molecule is CCN(Cc1cccc2c1OCCO2)C(=O)c1ccc(-c2ccccc2Cl)o1. The largest absolute Gasteiger partial charge is 0.486 e. The van der Waals surface area contributed by atoms with Gasteiger partial charge < -0.3 is 18.8 Å². The Labute approximate surface area is 168 Å². The van der Waals surface area contributed by atoms with E-state index in [1.807, 2.05) is 43.3 Å². The lowest BCUT2D eigenvalue weighted by Gasteiger charge is -2.25. The Morgan fingerprint density at radius 2 is 1.86 bits per heavy atom. The fraction of sp³-hybridized carbons (Fsp3) is 0.227. The second-order valence-corrected chi connectivity index (χ2v) is 6.81. The Hall–Kier alpha value is -2.92. The smallest absolute Gasteiger partial charge is 0.289 e. The minimum absolute atomic E-state index is 0.185. The lowest BCUT2D eigenvalue weighted by atomic mass is 10.1. The maximum absolute atomic E-state index is 13.0. The van der Waals surface area contributed by atoms with Gasteiger partial charge in [0.15, 0.2) is 17.3 Å². The van der Waals surface area contributed by atoms with Gasteiger partial charge in [0.2, 0.25) is 0 Å². The first kappa shape index (κ1) is 18.4. The van der Waals surface area contributed by atoms with Crippen molar-refractivity contribution in [1.29, 1.82) is 0 Å². The van der Waals surface area contributed by atoms with Crippen molar-refractivity contribution in [3.05, 3.63) is 70.9 Å². The molecule has 4 rings (SSSR count). The van der Waals surface area contributed by atoms with Crippen LogP contribution in [0.15, 0.2) is 59.0 Å². The van der Waals surface area contributed by atoms with Crippen molar-refractivity contribution in [3.63, 3.8) is 0 Å². The van der Waals surface area contributed by atoms with E-state index in [0.717, 1.165) is 11.1 Å². The number of hydrogen-bond donors (Lipinski definition) is 0. The standard InChI is InChI=1S/C22H20ClNO4/c1-2-24(14-15-6-5-9-19-21(15)27-13-12-26-19)22(25)20-11-10-18(28-20)16-7-3-4-8-17(16)23/h3-11H,2,12-14H2,1H3. The van der Waals surface area contributed by atoms with Crippen molar-refractivity contribution >= 4 is 17.5 Å². The van der Waals surface area contributed by atoms with Gasteiger partial charge >= 0.3 is 0 Å². The van der Waals surface area contributed by atoms with Crippen molar-refractivity contribution in [2.45, 2.75) is 13.5 Å². The average molecular weight is 398 g/mol. The van der Waals surface area contributed by atoms with Crippen LogP contribution in [-0.4, -0.2) is 30.6 Å². The summed E-state index contributed by atoms with van der Waals surface area (Å²) in [5.41, 5.74) is 1.67. The number of rotatable bonds is 5. The zero-order chi connectivity index (χ0) is 19.5. The second-order valence-electron chi connectivity index (χ2n) is 6.40. The number of ether oxygens (including phenoxy) is 2. The predicted octanol–water partition coefficient (Wildman–Crippen LogP) is 5.03. The number of furan rings is 1. The summed E-state index contributed by atoms with van der Waals surface area (Å²) < 4.78 is 17.2. The van der Waals surface area contributed by atoms with Crippen LogP contribution < -0.4 is 9.47 Å². The number of amides is 1. The molecule has 2 aromatic carbocycles. The highest BCUT2D eigenvalue weighted by atomic mass is 35.5. The van der Waals surface area contributed by atoms with Crippen LogP contribution in [0.5, 0.6) is 11.5 Å². The van der Waals surface area contributed by atoms with Gasteiger partial charge in [0.05, 0.1) is 5.02 Å². The topological polar surface area (TPSA) is 51.9 Å². The predicted molar refractivity (Wildman–Crippen MR) is 107 cm³/mol. The molecule has 0 unspecified atom stereocenters. The van der Waals surface area contributed by atoms with Gasteiger partial charge in [0, 0.05) is 24.2 Å². The van der Waals surface area contributed by atoms with E-state index in [1.54, 1.807) is 23.1 Å². The van der Waals surface area contributed by atoms with Gasteiger partial charge in [-0.15, -0.1) is 0 Å². The molecule has 0 aliphatic carbocycles. The van der Waals surface area contributed by atoms with E-state index < -0.39 is 0 Å². The van der Waals surface area contributed by atoms with Gasteiger partial charge in [-0.3, -0.25) is 4.79 Å². The first-order valence-electron chi connectivity index (χ1n) is 9.19. The summed E-state index contributed by atoms with van der Waals surface area (Å²) in [6.07, 6.45) is 0. The Bertz CT molecular complexity index is 998.